The predicted octanol–water partition coefficient (Wildman–Crippen LogP) is 2.45. The van der Waals surface area contributed by atoms with E-state index in [1.165, 1.54) is 0 Å². The largest absolute Gasteiger partial charge is 0.497 e. The molecule has 1 aliphatic rings. The standard InChI is InChI=1S/C19H28N2O4.ClH/c1-3-17(19(23)24)20-11-4-12-21(14-13-20)18(22)10-7-15-5-8-16(25-2)9-6-15;/h5-6,8-9,17H,3-4,7,10-14H2,1-2H3,(H,23,24);1H. The maximum absolute atomic E-state index is 12.5. The summed E-state index contributed by atoms with van der Waals surface area (Å²) in [7, 11) is 1.63. The molecule has 0 saturated carbocycles. The molecule has 1 unspecified atom stereocenters. The van der Waals surface area contributed by atoms with Crippen molar-refractivity contribution >= 4 is 24.3 Å². The number of benzene rings is 1. The van der Waals surface area contributed by atoms with Gasteiger partial charge in [0.1, 0.15) is 11.8 Å². The second-order valence-electron chi connectivity index (χ2n) is 6.38. The van der Waals surface area contributed by atoms with E-state index in [1.54, 1.807) is 7.11 Å². The van der Waals surface area contributed by atoms with Crippen molar-refractivity contribution in [3.05, 3.63) is 29.8 Å². The van der Waals surface area contributed by atoms with E-state index in [0.717, 1.165) is 24.3 Å². The average Bonchev–Trinajstić information content (AvgIpc) is 2.86. The number of carboxylic acids is 1. The number of nitrogens with zero attached hydrogens (tertiary/aromatic N) is 2. The molecule has 7 heteroatoms. The molecule has 1 atom stereocenters. The van der Waals surface area contributed by atoms with E-state index >= 15 is 0 Å². The highest BCUT2D eigenvalue weighted by Gasteiger charge is 2.27. The van der Waals surface area contributed by atoms with E-state index in [1.807, 2.05) is 41.0 Å². The summed E-state index contributed by atoms with van der Waals surface area (Å²) in [5.74, 6) is 0.175. The molecule has 0 radical (unpaired) electrons. The Hall–Kier alpha value is -1.79. The van der Waals surface area contributed by atoms with Gasteiger partial charge in [0.05, 0.1) is 7.11 Å². The fourth-order valence-electron chi connectivity index (χ4n) is 3.29. The van der Waals surface area contributed by atoms with Gasteiger partial charge in [0.15, 0.2) is 0 Å². The molecule has 1 saturated heterocycles. The molecule has 1 aliphatic heterocycles. The third-order valence-electron chi connectivity index (χ3n) is 4.78. The SMILES string of the molecule is CCC(C(=O)O)N1CCCN(C(=O)CCc2ccc(OC)cc2)CC1.Cl. The lowest BCUT2D eigenvalue weighted by atomic mass is 10.1. The molecule has 1 fully saturated rings. The molecule has 1 heterocycles. The molecule has 26 heavy (non-hydrogen) atoms. The molecule has 6 nitrogen and oxygen atoms in total. The minimum atomic E-state index is -0.776. The van der Waals surface area contributed by atoms with Crippen LogP contribution >= 0.6 is 12.4 Å². The van der Waals surface area contributed by atoms with Crippen LogP contribution in [0.4, 0.5) is 0 Å². The Morgan fingerprint density at radius 2 is 1.85 bits per heavy atom. The highest BCUT2D eigenvalue weighted by Crippen LogP contribution is 2.14. The summed E-state index contributed by atoms with van der Waals surface area (Å²) in [5, 5.41) is 9.31. The van der Waals surface area contributed by atoms with E-state index in [4.69, 9.17) is 4.74 Å². The van der Waals surface area contributed by atoms with Crippen molar-refractivity contribution in [2.24, 2.45) is 0 Å². The van der Waals surface area contributed by atoms with Crippen LogP contribution < -0.4 is 4.74 Å². The van der Waals surface area contributed by atoms with Crippen LogP contribution in [0.2, 0.25) is 0 Å². The topological polar surface area (TPSA) is 70.1 Å². The number of hydrogen-bond acceptors (Lipinski definition) is 4. The first-order chi connectivity index (χ1) is 12.0. The molecule has 146 valence electrons. The summed E-state index contributed by atoms with van der Waals surface area (Å²) in [6, 6.07) is 7.32. The van der Waals surface area contributed by atoms with Gasteiger partial charge in [-0.15, -0.1) is 12.4 Å². The van der Waals surface area contributed by atoms with E-state index in [0.29, 0.717) is 38.9 Å². The van der Waals surface area contributed by atoms with Crippen LogP contribution in [0.3, 0.4) is 0 Å². The zero-order valence-corrected chi connectivity index (χ0v) is 16.3. The van der Waals surface area contributed by atoms with Crippen molar-refractivity contribution in [1.82, 2.24) is 9.80 Å². The Morgan fingerprint density at radius 3 is 2.42 bits per heavy atom. The molecular weight excluding hydrogens is 356 g/mol. The minimum absolute atomic E-state index is 0. The molecule has 0 spiro atoms. The molecule has 0 aromatic heterocycles. The zero-order valence-electron chi connectivity index (χ0n) is 15.5. The minimum Gasteiger partial charge on any atom is -0.497 e. The Balaban J connectivity index is 0.00000338. The third kappa shape index (κ3) is 6.18. The number of aryl methyl sites for hydroxylation is 1. The zero-order chi connectivity index (χ0) is 18.2. The summed E-state index contributed by atoms with van der Waals surface area (Å²) in [5.41, 5.74) is 1.11. The summed E-state index contributed by atoms with van der Waals surface area (Å²) >= 11 is 0. The fourth-order valence-corrected chi connectivity index (χ4v) is 3.29. The summed E-state index contributed by atoms with van der Waals surface area (Å²) in [6.07, 6.45) is 2.58. The monoisotopic (exact) mass is 384 g/mol. The number of carboxylic acid groups (broad SMARTS) is 1. The maximum Gasteiger partial charge on any atom is 0.320 e. The smallest absolute Gasteiger partial charge is 0.320 e. The van der Waals surface area contributed by atoms with Crippen LogP contribution in [-0.4, -0.2) is 66.1 Å². The first-order valence-corrected chi connectivity index (χ1v) is 8.92. The lowest BCUT2D eigenvalue weighted by molar-refractivity contribution is -0.143. The van der Waals surface area contributed by atoms with E-state index in [2.05, 4.69) is 0 Å². The molecule has 1 amide bonds. The van der Waals surface area contributed by atoms with Gasteiger partial charge in [-0.25, -0.2) is 0 Å². The maximum atomic E-state index is 12.5. The lowest BCUT2D eigenvalue weighted by Crippen LogP contribution is -2.43. The molecule has 0 bridgehead atoms. The Labute approximate surface area is 161 Å². The van der Waals surface area contributed by atoms with Crippen LogP contribution in [0.5, 0.6) is 5.75 Å². The second kappa shape index (κ2) is 11.0. The van der Waals surface area contributed by atoms with Crippen LogP contribution in [0.1, 0.15) is 31.7 Å². The van der Waals surface area contributed by atoms with E-state index in [9.17, 15) is 14.7 Å². The quantitative estimate of drug-likeness (QED) is 0.781. The number of aliphatic carboxylic acids is 1. The summed E-state index contributed by atoms with van der Waals surface area (Å²) < 4.78 is 5.14. The first-order valence-electron chi connectivity index (χ1n) is 8.92. The number of carbonyl (C=O) groups excluding carboxylic acids is 1. The van der Waals surface area contributed by atoms with Gasteiger partial charge in [-0.2, -0.15) is 0 Å². The highest BCUT2D eigenvalue weighted by molar-refractivity contribution is 5.85. The van der Waals surface area contributed by atoms with Crippen LogP contribution in [0.15, 0.2) is 24.3 Å². The molecule has 1 N–H and O–H groups in total. The molecule has 1 aromatic rings. The van der Waals surface area contributed by atoms with Crippen molar-refractivity contribution in [3.63, 3.8) is 0 Å². The van der Waals surface area contributed by atoms with E-state index < -0.39 is 12.0 Å². The highest BCUT2D eigenvalue weighted by atomic mass is 35.5. The van der Waals surface area contributed by atoms with Gasteiger partial charge in [0.25, 0.3) is 0 Å². The van der Waals surface area contributed by atoms with Crippen molar-refractivity contribution in [3.8, 4) is 5.75 Å². The molecule has 1 aromatic carbocycles. The van der Waals surface area contributed by atoms with Gasteiger partial charge in [-0.05, 0) is 37.0 Å². The second-order valence-corrected chi connectivity index (χ2v) is 6.38. The molecule has 2 rings (SSSR count). The lowest BCUT2D eigenvalue weighted by Gasteiger charge is -2.26. The van der Waals surface area contributed by atoms with Crippen LogP contribution in [-0.2, 0) is 16.0 Å². The Bertz CT molecular complexity index is 579. The number of rotatable bonds is 7. The number of methoxy groups -OCH3 is 1. The molecule has 0 aliphatic carbocycles. The van der Waals surface area contributed by atoms with Gasteiger partial charge in [-0.3, -0.25) is 14.5 Å². The number of ether oxygens (including phenoxy) is 1. The van der Waals surface area contributed by atoms with Gasteiger partial charge in [-0.1, -0.05) is 19.1 Å². The van der Waals surface area contributed by atoms with E-state index in [-0.39, 0.29) is 18.3 Å². The molecular formula is C19H29ClN2O4. The van der Waals surface area contributed by atoms with Crippen LogP contribution in [0.25, 0.3) is 0 Å². The Kier molecular flexibility index (Phi) is 9.44. The van der Waals surface area contributed by atoms with Crippen molar-refractivity contribution in [2.45, 2.75) is 38.6 Å². The van der Waals surface area contributed by atoms with Gasteiger partial charge >= 0.3 is 5.97 Å². The van der Waals surface area contributed by atoms with Gasteiger partial charge in [0, 0.05) is 32.6 Å². The number of hydrogen-bond donors (Lipinski definition) is 1. The van der Waals surface area contributed by atoms with Gasteiger partial charge < -0.3 is 14.7 Å². The van der Waals surface area contributed by atoms with Crippen molar-refractivity contribution in [2.75, 3.05) is 33.3 Å². The summed E-state index contributed by atoms with van der Waals surface area (Å²) in [4.78, 5) is 27.7. The first kappa shape index (κ1) is 22.3. The van der Waals surface area contributed by atoms with Gasteiger partial charge in [0.2, 0.25) is 5.91 Å². The number of amides is 1. The Morgan fingerprint density at radius 1 is 1.15 bits per heavy atom. The third-order valence-corrected chi connectivity index (χ3v) is 4.78. The average molecular weight is 385 g/mol. The number of carbonyl (C=O) groups is 2. The normalized spacial score (nSPS) is 16.3. The van der Waals surface area contributed by atoms with Crippen molar-refractivity contribution in [1.29, 1.82) is 0 Å². The van der Waals surface area contributed by atoms with Crippen LogP contribution in [0, 0.1) is 0 Å². The number of halogens is 1. The van der Waals surface area contributed by atoms with Crippen molar-refractivity contribution < 1.29 is 19.4 Å². The predicted molar refractivity (Wildman–Crippen MR) is 103 cm³/mol. The fraction of sp³-hybridized carbons (Fsp3) is 0.579. The summed E-state index contributed by atoms with van der Waals surface area (Å²) in [6.45, 7) is 4.55.